The lowest BCUT2D eigenvalue weighted by molar-refractivity contribution is -0.141. The fourth-order valence-electron chi connectivity index (χ4n) is 1.66. The number of nitrogens with zero attached hydrogens (tertiary/aromatic N) is 2. The number of hydrogen-bond acceptors (Lipinski definition) is 4. The Bertz CT molecular complexity index is 601. The van der Waals surface area contributed by atoms with E-state index in [2.05, 4.69) is 5.10 Å². The third kappa shape index (κ3) is 2.63. The average molecular weight is 287 g/mol. The topological polar surface area (TPSA) is 62.3 Å². The van der Waals surface area contributed by atoms with Gasteiger partial charge in [-0.05, 0) is 0 Å². The van der Waals surface area contributed by atoms with Crippen LogP contribution in [0.1, 0.15) is 5.69 Å². The van der Waals surface area contributed by atoms with E-state index in [4.69, 9.17) is 15.2 Å². The van der Waals surface area contributed by atoms with Crippen LogP contribution in [0.2, 0.25) is 0 Å². The van der Waals surface area contributed by atoms with Crippen LogP contribution in [0.25, 0.3) is 5.69 Å². The van der Waals surface area contributed by atoms with Gasteiger partial charge in [0, 0.05) is 24.3 Å². The van der Waals surface area contributed by atoms with Crippen molar-refractivity contribution in [3.63, 3.8) is 0 Å². The molecule has 0 fully saturated rings. The predicted molar refractivity (Wildman–Crippen MR) is 66.1 cm³/mol. The predicted octanol–water partition coefficient (Wildman–Crippen LogP) is 2.49. The van der Waals surface area contributed by atoms with Crippen molar-refractivity contribution in [2.45, 2.75) is 6.18 Å². The molecule has 2 N–H and O–H groups in total. The number of nitrogens with two attached hydrogens (primary N) is 1. The molecule has 0 aliphatic carbocycles. The van der Waals surface area contributed by atoms with Gasteiger partial charge in [-0.2, -0.15) is 18.3 Å². The lowest BCUT2D eigenvalue weighted by Gasteiger charge is -2.09. The van der Waals surface area contributed by atoms with Crippen molar-refractivity contribution in [1.82, 2.24) is 9.78 Å². The summed E-state index contributed by atoms with van der Waals surface area (Å²) in [5.41, 5.74) is 4.83. The van der Waals surface area contributed by atoms with Crippen LogP contribution in [0.3, 0.4) is 0 Å². The van der Waals surface area contributed by atoms with Gasteiger partial charge in [-0.3, -0.25) is 0 Å². The molecule has 0 atom stereocenters. The van der Waals surface area contributed by atoms with Gasteiger partial charge in [-0.25, -0.2) is 4.68 Å². The van der Waals surface area contributed by atoms with Gasteiger partial charge in [-0.15, -0.1) is 0 Å². The molecule has 8 heteroatoms. The van der Waals surface area contributed by atoms with Gasteiger partial charge >= 0.3 is 6.18 Å². The Hall–Kier alpha value is -2.38. The molecule has 1 heterocycles. The summed E-state index contributed by atoms with van der Waals surface area (Å²) in [4.78, 5) is 0. The van der Waals surface area contributed by atoms with Gasteiger partial charge in [0.1, 0.15) is 17.3 Å². The molecule has 2 aromatic rings. The van der Waals surface area contributed by atoms with Crippen molar-refractivity contribution in [1.29, 1.82) is 0 Å². The van der Waals surface area contributed by atoms with Crippen LogP contribution in [0.15, 0.2) is 24.3 Å². The van der Waals surface area contributed by atoms with Crippen molar-refractivity contribution in [2.24, 2.45) is 0 Å². The molecule has 0 unspecified atom stereocenters. The number of methoxy groups -OCH3 is 2. The van der Waals surface area contributed by atoms with E-state index in [1.54, 1.807) is 6.07 Å². The summed E-state index contributed by atoms with van der Waals surface area (Å²) in [6.45, 7) is 0. The van der Waals surface area contributed by atoms with Crippen molar-refractivity contribution in [3.8, 4) is 17.2 Å². The minimum Gasteiger partial charge on any atom is -0.497 e. The smallest absolute Gasteiger partial charge is 0.435 e. The molecule has 20 heavy (non-hydrogen) atoms. The summed E-state index contributed by atoms with van der Waals surface area (Å²) in [6, 6.07) is 5.37. The highest BCUT2D eigenvalue weighted by Gasteiger charge is 2.34. The lowest BCUT2D eigenvalue weighted by Crippen LogP contribution is -2.08. The molecule has 1 aromatic carbocycles. The average Bonchev–Trinajstić information content (AvgIpc) is 2.80. The molecule has 108 valence electrons. The lowest BCUT2D eigenvalue weighted by atomic mass is 10.3. The molecule has 0 spiro atoms. The number of nitrogen functional groups attached to an aromatic ring is 1. The minimum atomic E-state index is -4.55. The van der Waals surface area contributed by atoms with Crippen molar-refractivity contribution < 1.29 is 22.6 Å². The molecular formula is C12H12F3N3O2. The fourth-order valence-corrected chi connectivity index (χ4v) is 1.66. The molecule has 0 bridgehead atoms. The first-order valence-electron chi connectivity index (χ1n) is 5.51. The zero-order valence-corrected chi connectivity index (χ0v) is 10.7. The maximum absolute atomic E-state index is 12.6. The van der Waals surface area contributed by atoms with Crippen LogP contribution in [-0.4, -0.2) is 24.0 Å². The van der Waals surface area contributed by atoms with Gasteiger partial charge in [0.25, 0.3) is 0 Å². The number of alkyl halides is 3. The molecule has 0 saturated carbocycles. The third-order valence-electron chi connectivity index (χ3n) is 2.61. The highest BCUT2D eigenvalue weighted by molar-refractivity contribution is 5.50. The standard InChI is InChI=1S/C12H12F3N3O2/c1-19-8-3-7(4-9(5-8)20-2)18-11(16)6-10(17-18)12(13,14)15/h3-6H,16H2,1-2H3. The highest BCUT2D eigenvalue weighted by Crippen LogP contribution is 2.32. The Labute approximate surface area is 112 Å². The molecule has 1 aromatic heterocycles. The van der Waals surface area contributed by atoms with Crippen molar-refractivity contribution >= 4 is 5.82 Å². The number of rotatable bonds is 3. The second-order valence-corrected chi connectivity index (χ2v) is 3.93. The maximum Gasteiger partial charge on any atom is 0.435 e. The van der Waals surface area contributed by atoms with E-state index >= 15 is 0 Å². The van der Waals surface area contributed by atoms with Gasteiger partial charge in [0.2, 0.25) is 0 Å². The summed E-state index contributed by atoms with van der Waals surface area (Å²) >= 11 is 0. The molecule has 5 nitrogen and oxygen atoms in total. The summed E-state index contributed by atoms with van der Waals surface area (Å²) < 4.78 is 48.9. The van der Waals surface area contributed by atoms with Crippen LogP contribution < -0.4 is 15.2 Å². The van der Waals surface area contributed by atoms with E-state index in [0.29, 0.717) is 17.2 Å². The van der Waals surface area contributed by atoms with Gasteiger partial charge in [0.05, 0.1) is 19.9 Å². The first kappa shape index (κ1) is 14.0. The monoisotopic (exact) mass is 287 g/mol. The van der Waals surface area contributed by atoms with E-state index in [1.165, 1.54) is 26.4 Å². The van der Waals surface area contributed by atoms with E-state index in [9.17, 15) is 13.2 Å². The molecular weight excluding hydrogens is 275 g/mol. The zero-order chi connectivity index (χ0) is 14.9. The minimum absolute atomic E-state index is 0.132. The van der Waals surface area contributed by atoms with Crippen molar-refractivity contribution in [2.75, 3.05) is 20.0 Å². The Balaban J connectivity index is 2.53. The number of anilines is 1. The van der Waals surface area contributed by atoms with E-state index in [1.807, 2.05) is 0 Å². The summed E-state index contributed by atoms with van der Waals surface area (Å²) in [6.07, 6.45) is -4.55. The Morgan fingerprint density at radius 1 is 1.05 bits per heavy atom. The van der Waals surface area contributed by atoms with Crippen LogP contribution in [-0.2, 0) is 6.18 Å². The van der Waals surface area contributed by atoms with Crippen LogP contribution in [0.4, 0.5) is 19.0 Å². The molecule has 0 radical (unpaired) electrons. The quantitative estimate of drug-likeness (QED) is 0.942. The first-order chi connectivity index (χ1) is 9.35. The second kappa shape index (κ2) is 4.95. The Kier molecular flexibility index (Phi) is 3.47. The molecule has 0 aliphatic rings. The van der Waals surface area contributed by atoms with Crippen molar-refractivity contribution in [3.05, 3.63) is 30.0 Å². The first-order valence-corrected chi connectivity index (χ1v) is 5.51. The Morgan fingerprint density at radius 2 is 1.60 bits per heavy atom. The molecule has 0 aliphatic heterocycles. The number of ether oxygens (including phenoxy) is 2. The zero-order valence-electron chi connectivity index (χ0n) is 10.7. The molecule has 2 rings (SSSR count). The largest absolute Gasteiger partial charge is 0.497 e. The second-order valence-electron chi connectivity index (χ2n) is 3.93. The van der Waals surface area contributed by atoms with E-state index in [-0.39, 0.29) is 5.82 Å². The number of hydrogen-bond donors (Lipinski definition) is 1. The fraction of sp³-hybridized carbons (Fsp3) is 0.250. The molecule has 0 amide bonds. The third-order valence-corrected chi connectivity index (χ3v) is 2.61. The SMILES string of the molecule is COc1cc(OC)cc(-n2nc(C(F)(F)F)cc2N)c1. The summed E-state index contributed by atoms with van der Waals surface area (Å²) in [5.74, 6) is 0.707. The normalized spacial score (nSPS) is 11.4. The maximum atomic E-state index is 12.6. The summed E-state index contributed by atoms with van der Waals surface area (Å²) in [7, 11) is 2.87. The molecule has 0 saturated heterocycles. The number of benzene rings is 1. The van der Waals surface area contributed by atoms with Crippen LogP contribution in [0, 0.1) is 0 Å². The summed E-state index contributed by atoms with van der Waals surface area (Å²) in [5, 5.41) is 3.46. The number of aromatic nitrogens is 2. The van der Waals surface area contributed by atoms with E-state index < -0.39 is 11.9 Å². The van der Waals surface area contributed by atoms with Gasteiger partial charge < -0.3 is 15.2 Å². The van der Waals surface area contributed by atoms with E-state index in [0.717, 1.165) is 10.7 Å². The number of halogens is 3. The van der Waals surface area contributed by atoms with Crippen LogP contribution >= 0.6 is 0 Å². The van der Waals surface area contributed by atoms with Crippen LogP contribution in [0.5, 0.6) is 11.5 Å². The van der Waals surface area contributed by atoms with Gasteiger partial charge in [-0.1, -0.05) is 0 Å². The van der Waals surface area contributed by atoms with Gasteiger partial charge in [0.15, 0.2) is 5.69 Å². The Morgan fingerprint density at radius 3 is 2.00 bits per heavy atom. The highest BCUT2D eigenvalue weighted by atomic mass is 19.4.